The smallest absolute Gasteiger partial charge is 0.273 e. The fraction of sp³-hybridized carbons (Fsp3) is 0.130. The molecule has 1 N–H and O–H groups in total. The van der Waals surface area contributed by atoms with Crippen molar-refractivity contribution in [2.24, 2.45) is 5.10 Å². The number of halogens is 1. The third-order valence-corrected chi connectivity index (χ3v) is 6.68. The number of ether oxygens (including phenoxy) is 1. The number of nitrogens with one attached hydrogen (secondary N) is 1. The lowest BCUT2D eigenvalue weighted by Gasteiger charge is -2.24. The number of hydrogen-bond donors (Lipinski definition) is 1. The third-order valence-electron chi connectivity index (χ3n) is 4.91. The predicted octanol–water partition coefficient (Wildman–Crippen LogP) is 3.40. The van der Waals surface area contributed by atoms with Crippen molar-refractivity contribution in [1.82, 2.24) is 5.43 Å². The zero-order chi connectivity index (χ0) is 25.6. The molecule has 0 bridgehead atoms. The normalized spacial score (nSPS) is 11.3. The van der Waals surface area contributed by atoms with E-state index < -0.39 is 33.2 Å². The topological polar surface area (TPSA) is 131 Å². The van der Waals surface area contributed by atoms with Gasteiger partial charge in [0.2, 0.25) is 0 Å². The van der Waals surface area contributed by atoms with Crippen molar-refractivity contribution in [3.63, 3.8) is 0 Å². The van der Waals surface area contributed by atoms with Crippen molar-refractivity contribution in [3.05, 3.63) is 93.8 Å². The van der Waals surface area contributed by atoms with Gasteiger partial charge in [0.1, 0.15) is 18.1 Å². The number of hydrogen-bond acceptors (Lipinski definition) is 7. The first-order valence-corrected chi connectivity index (χ1v) is 11.6. The summed E-state index contributed by atoms with van der Waals surface area (Å²) < 4.78 is 46.5. The van der Waals surface area contributed by atoms with Gasteiger partial charge in [-0.1, -0.05) is 24.3 Å². The van der Waals surface area contributed by atoms with Crippen LogP contribution in [-0.4, -0.2) is 39.1 Å². The van der Waals surface area contributed by atoms with E-state index in [1.165, 1.54) is 68.6 Å². The molecular weight excluding hydrogens is 479 g/mol. The highest BCUT2D eigenvalue weighted by atomic mass is 32.2. The number of rotatable bonds is 9. The van der Waals surface area contributed by atoms with Gasteiger partial charge < -0.3 is 4.74 Å². The van der Waals surface area contributed by atoms with Crippen molar-refractivity contribution < 1.29 is 27.3 Å². The molecular formula is C23H21FN4O6S. The van der Waals surface area contributed by atoms with Crippen LogP contribution in [-0.2, 0) is 14.8 Å². The van der Waals surface area contributed by atoms with E-state index in [2.05, 4.69) is 10.5 Å². The molecule has 0 atom stereocenters. The molecule has 0 aliphatic heterocycles. The van der Waals surface area contributed by atoms with E-state index >= 15 is 0 Å². The number of benzene rings is 3. The Morgan fingerprint density at radius 1 is 1.17 bits per heavy atom. The lowest BCUT2D eigenvalue weighted by molar-refractivity contribution is -0.385. The van der Waals surface area contributed by atoms with Gasteiger partial charge in [0.25, 0.3) is 21.6 Å². The maximum atomic E-state index is 13.7. The summed E-state index contributed by atoms with van der Waals surface area (Å²) in [6, 6.07) is 15.1. The summed E-state index contributed by atoms with van der Waals surface area (Å²) in [5.74, 6) is -0.913. The number of hydrazone groups is 1. The number of anilines is 1. The van der Waals surface area contributed by atoms with Crippen molar-refractivity contribution >= 4 is 33.5 Å². The number of methoxy groups -OCH3 is 1. The van der Waals surface area contributed by atoms with E-state index in [1.54, 1.807) is 6.07 Å². The quantitative estimate of drug-likeness (QED) is 0.272. The van der Waals surface area contributed by atoms with E-state index in [9.17, 15) is 27.7 Å². The fourth-order valence-corrected chi connectivity index (χ4v) is 4.50. The van der Waals surface area contributed by atoms with Crippen LogP contribution in [0.3, 0.4) is 0 Å². The van der Waals surface area contributed by atoms with Crippen molar-refractivity contribution in [2.45, 2.75) is 11.8 Å². The molecule has 3 rings (SSSR count). The monoisotopic (exact) mass is 500 g/mol. The van der Waals surface area contributed by atoms with Crippen LogP contribution in [0.5, 0.6) is 5.75 Å². The molecule has 3 aromatic carbocycles. The van der Waals surface area contributed by atoms with Gasteiger partial charge in [0, 0.05) is 17.2 Å². The first-order valence-electron chi connectivity index (χ1n) is 10.1. The number of nitrogens with zero attached hydrogens (tertiary/aromatic N) is 3. The molecule has 0 unspecified atom stereocenters. The number of nitro groups is 1. The second-order valence-electron chi connectivity index (χ2n) is 7.23. The van der Waals surface area contributed by atoms with Crippen LogP contribution in [0.2, 0.25) is 0 Å². The maximum Gasteiger partial charge on any atom is 0.273 e. The van der Waals surface area contributed by atoms with Gasteiger partial charge in [-0.3, -0.25) is 19.2 Å². The molecule has 0 aliphatic carbocycles. The van der Waals surface area contributed by atoms with Crippen molar-refractivity contribution in [1.29, 1.82) is 0 Å². The second-order valence-corrected chi connectivity index (χ2v) is 9.09. The molecule has 0 aliphatic rings. The highest BCUT2D eigenvalue weighted by Gasteiger charge is 2.29. The molecule has 35 heavy (non-hydrogen) atoms. The van der Waals surface area contributed by atoms with E-state index in [0.29, 0.717) is 5.75 Å². The van der Waals surface area contributed by atoms with Gasteiger partial charge in [0.15, 0.2) is 0 Å². The minimum absolute atomic E-state index is 0.113. The Bertz CT molecular complexity index is 1380. The Kier molecular flexibility index (Phi) is 7.76. The lowest BCUT2D eigenvalue weighted by atomic mass is 10.2. The molecule has 0 saturated heterocycles. The predicted molar refractivity (Wildman–Crippen MR) is 127 cm³/mol. The number of amides is 1. The zero-order valence-corrected chi connectivity index (χ0v) is 19.5. The SMILES string of the molecule is COc1ccc(N(CC(=O)N/N=C\c2ccccc2F)S(=O)(=O)c2ccc(C)c([N+](=O)[O-])c2)cc1. The van der Waals surface area contributed by atoms with Crippen molar-refractivity contribution in [2.75, 3.05) is 18.0 Å². The summed E-state index contributed by atoms with van der Waals surface area (Å²) in [5.41, 5.74) is 2.31. The van der Waals surface area contributed by atoms with Gasteiger partial charge in [-0.05, 0) is 43.3 Å². The number of aryl methyl sites for hydroxylation is 1. The van der Waals surface area contributed by atoms with E-state index in [-0.39, 0.29) is 27.4 Å². The Morgan fingerprint density at radius 3 is 2.49 bits per heavy atom. The van der Waals surface area contributed by atoms with Crippen LogP contribution in [0.4, 0.5) is 15.8 Å². The molecule has 10 nitrogen and oxygen atoms in total. The lowest BCUT2D eigenvalue weighted by Crippen LogP contribution is -2.39. The Morgan fingerprint density at radius 2 is 1.86 bits per heavy atom. The van der Waals surface area contributed by atoms with Crippen molar-refractivity contribution in [3.8, 4) is 5.75 Å². The highest BCUT2D eigenvalue weighted by Crippen LogP contribution is 2.29. The van der Waals surface area contributed by atoms with Crippen LogP contribution in [0, 0.1) is 22.9 Å². The van der Waals surface area contributed by atoms with Gasteiger partial charge in [0.05, 0.1) is 28.8 Å². The average Bonchev–Trinajstić information content (AvgIpc) is 2.83. The number of carbonyl (C=O) groups excluding carboxylic acids is 1. The van der Waals surface area contributed by atoms with Gasteiger partial charge in [-0.15, -0.1) is 0 Å². The van der Waals surface area contributed by atoms with Crippen LogP contribution in [0.15, 0.2) is 76.7 Å². The van der Waals surface area contributed by atoms with Crippen LogP contribution in [0.25, 0.3) is 0 Å². The molecule has 0 spiro atoms. The number of carbonyl (C=O) groups is 1. The van der Waals surface area contributed by atoms with E-state index in [1.807, 2.05) is 0 Å². The van der Waals surface area contributed by atoms with Gasteiger partial charge in [-0.25, -0.2) is 18.2 Å². The first-order chi connectivity index (χ1) is 16.6. The van der Waals surface area contributed by atoms with Crippen LogP contribution in [0.1, 0.15) is 11.1 Å². The highest BCUT2D eigenvalue weighted by molar-refractivity contribution is 7.92. The van der Waals surface area contributed by atoms with Gasteiger partial charge in [-0.2, -0.15) is 5.10 Å². The molecule has 0 fully saturated rings. The summed E-state index contributed by atoms with van der Waals surface area (Å²) in [4.78, 5) is 22.8. The number of sulfonamides is 1. The van der Waals surface area contributed by atoms with Crippen LogP contribution >= 0.6 is 0 Å². The summed E-state index contributed by atoms with van der Waals surface area (Å²) >= 11 is 0. The molecule has 12 heteroatoms. The van der Waals surface area contributed by atoms with Gasteiger partial charge >= 0.3 is 0 Å². The molecule has 1 amide bonds. The molecule has 0 heterocycles. The molecule has 0 saturated carbocycles. The standard InChI is InChI=1S/C23H21FN4O6S/c1-16-7-12-20(13-22(16)28(30)31)35(32,33)27(18-8-10-19(34-2)11-9-18)15-23(29)26-25-14-17-5-3-4-6-21(17)24/h3-14H,15H2,1-2H3,(H,26,29)/b25-14-. The van der Waals surface area contributed by atoms with Crippen LogP contribution < -0.4 is 14.5 Å². The maximum absolute atomic E-state index is 13.7. The minimum Gasteiger partial charge on any atom is -0.497 e. The Labute approximate surface area is 200 Å². The second kappa shape index (κ2) is 10.7. The third kappa shape index (κ3) is 5.98. The van der Waals surface area contributed by atoms with E-state index in [0.717, 1.165) is 16.6 Å². The fourth-order valence-electron chi connectivity index (χ4n) is 3.06. The molecule has 0 radical (unpaired) electrons. The molecule has 0 aromatic heterocycles. The number of nitro benzene ring substituents is 1. The Hall–Kier alpha value is -4.32. The summed E-state index contributed by atoms with van der Waals surface area (Å²) in [6.45, 7) is 0.780. The first kappa shape index (κ1) is 25.3. The Balaban J connectivity index is 1.93. The largest absolute Gasteiger partial charge is 0.497 e. The summed E-state index contributed by atoms with van der Waals surface area (Å²) in [5, 5.41) is 15.0. The zero-order valence-electron chi connectivity index (χ0n) is 18.7. The summed E-state index contributed by atoms with van der Waals surface area (Å²) in [6.07, 6.45) is 1.09. The van der Waals surface area contributed by atoms with E-state index in [4.69, 9.17) is 4.74 Å². The summed E-state index contributed by atoms with van der Waals surface area (Å²) in [7, 11) is -2.97. The minimum atomic E-state index is -4.41. The molecule has 182 valence electrons. The average molecular weight is 501 g/mol. The molecule has 3 aromatic rings.